The minimum Gasteiger partial charge on any atom is -0.479 e. The Hall–Kier alpha value is -4.88. The Morgan fingerprint density at radius 2 is 1.68 bits per heavy atom. The van der Waals surface area contributed by atoms with Crippen molar-refractivity contribution in [1.29, 1.82) is 0 Å². The molecule has 0 aliphatic heterocycles. The fourth-order valence-corrected chi connectivity index (χ4v) is 5.90. The van der Waals surface area contributed by atoms with Gasteiger partial charge in [-0.05, 0) is 42.2 Å². The van der Waals surface area contributed by atoms with E-state index in [0.717, 1.165) is 30.2 Å². The smallest absolute Gasteiger partial charge is 0.334 e. The fourth-order valence-electron chi connectivity index (χ4n) is 4.69. The van der Waals surface area contributed by atoms with Crippen LogP contribution in [0.2, 0.25) is 0 Å². The Kier molecular flexibility index (Phi) is 10.2. The number of carbonyl (C=O) groups is 3. The van der Waals surface area contributed by atoms with E-state index in [1.807, 2.05) is 17.7 Å². The zero-order valence-electron chi connectivity index (χ0n) is 24.2. The maximum Gasteiger partial charge on any atom is 0.334 e. The summed E-state index contributed by atoms with van der Waals surface area (Å²) in [4.78, 5) is 40.5. The zero-order chi connectivity index (χ0) is 31.9. The second-order valence-electron chi connectivity index (χ2n) is 10.2. The van der Waals surface area contributed by atoms with E-state index in [0.29, 0.717) is 17.7 Å². The van der Waals surface area contributed by atoms with Crippen molar-refractivity contribution in [2.24, 2.45) is 0 Å². The topological polar surface area (TPSA) is 181 Å². The first kappa shape index (κ1) is 32.0. The molecule has 0 fully saturated rings. The van der Waals surface area contributed by atoms with Gasteiger partial charge in [-0.25, -0.2) is 17.9 Å². The molecule has 0 aliphatic carbocycles. The van der Waals surface area contributed by atoms with Gasteiger partial charge in [-0.15, -0.1) is 0 Å². The van der Waals surface area contributed by atoms with E-state index in [1.54, 1.807) is 71.5 Å². The van der Waals surface area contributed by atoms with E-state index in [2.05, 4.69) is 15.4 Å². The molecule has 0 bridgehead atoms. The van der Waals surface area contributed by atoms with Crippen molar-refractivity contribution in [2.75, 3.05) is 0 Å². The molecule has 2 amide bonds. The largest absolute Gasteiger partial charge is 0.479 e. The van der Waals surface area contributed by atoms with Gasteiger partial charge in [0.15, 0.2) is 6.10 Å². The standard InChI is InChI=1S/C31H33N5O7S/c1-3-9-23-17-27(30(39)33-26(29(38)31(40)41)16-21-10-5-4-6-11-21)34-36(23)19-22-14-15-25(32-18-22)24-12-7-8-13-28(24)44(42,43)35-20(2)37/h4-8,10-15,17-18,26,29,38H,3,9,16,19H2,1-2H3,(H,33,39)(H,35,37)(H,40,41). The summed E-state index contributed by atoms with van der Waals surface area (Å²) in [5.74, 6) is -2.77. The number of aryl methyl sites for hydroxylation is 1. The molecule has 2 aromatic carbocycles. The van der Waals surface area contributed by atoms with Gasteiger partial charge in [0.1, 0.15) is 5.69 Å². The summed E-state index contributed by atoms with van der Waals surface area (Å²) in [7, 11) is -4.09. The quantitative estimate of drug-likeness (QED) is 0.175. The Morgan fingerprint density at radius 1 is 0.977 bits per heavy atom. The molecule has 2 unspecified atom stereocenters. The number of aliphatic carboxylic acids is 1. The number of hydrogen-bond donors (Lipinski definition) is 4. The van der Waals surface area contributed by atoms with Crippen molar-refractivity contribution in [2.45, 2.75) is 56.7 Å². The lowest BCUT2D eigenvalue weighted by atomic mass is 10.0. The van der Waals surface area contributed by atoms with Crippen molar-refractivity contribution < 1.29 is 33.0 Å². The zero-order valence-corrected chi connectivity index (χ0v) is 25.0. The van der Waals surface area contributed by atoms with Gasteiger partial charge in [0.2, 0.25) is 5.91 Å². The van der Waals surface area contributed by atoms with Crippen molar-refractivity contribution >= 4 is 27.8 Å². The predicted octanol–water partition coefficient (Wildman–Crippen LogP) is 2.56. The highest BCUT2D eigenvalue weighted by molar-refractivity contribution is 7.90. The molecule has 0 aliphatic rings. The fraction of sp³-hybridized carbons (Fsp3) is 0.258. The highest BCUT2D eigenvalue weighted by Gasteiger charge is 2.29. The summed E-state index contributed by atoms with van der Waals surface area (Å²) in [6.45, 7) is 3.36. The Bertz CT molecular complexity index is 1740. The minimum atomic E-state index is -4.09. The molecule has 0 radical (unpaired) electrons. The molecule has 2 aromatic heterocycles. The van der Waals surface area contributed by atoms with Gasteiger partial charge in [-0.1, -0.05) is 67.9 Å². The van der Waals surface area contributed by atoms with Crippen LogP contribution in [0.3, 0.4) is 0 Å². The highest BCUT2D eigenvalue weighted by atomic mass is 32.2. The number of amides is 2. The molecule has 0 spiro atoms. The first-order valence-corrected chi connectivity index (χ1v) is 15.4. The number of carbonyl (C=O) groups excluding carboxylic acids is 2. The molecule has 12 nitrogen and oxygen atoms in total. The maximum absolute atomic E-state index is 13.2. The molecule has 230 valence electrons. The molecule has 0 saturated heterocycles. The maximum atomic E-state index is 13.2. The van der Waals surface area contributed by atoms with Crippen LogP contribution in [0, 0.1) is 0 Å². The Balaban J connectivity index is 1.55. The minimum absolute atomic E-state index is 0.0748. The first-order chi connectivity index (χ1) is 21.0. The number of pyridine rings is 1. The van der Waals surface area contributed by atoms with E-state index in [1.165, 1.54) is 6.07 Å². The number of benzene rings is 2. The summed E-state index contributed by atoms with van der Waals surface area (Å²) < 4.78 is 29.0. The van der Waals surface area contributed by atoms with Crippen LogP contribution in [-0.4, -0.2) is 63.3 Å². The van der Waals surface area contributed by atoms with Crippen LogP contribution in [0.4, 0.5) is 0 Å². The Labute approximate surface area is 254 Å². The number of aliphatic hydroxyl groups excluding tert-OH is 1. The molecule has 2 heterocycles. The van der Waals surface area contributed by atoms with Crippen LogP contribution in [0.5, 0.6) is 0 Å². The average molecular weight is 620 g/mol. The van der Waals surface area contributed by atoms with Gasteiger partial charge < -0.3 is 15.5 Å². The number of carboxylic acids is 1. The number of rotatable bonds is 13. The summed E-state index contributed by atoms with van der Waals surface area (Å²) in [5.41, 5.74) is 3.03. The molecule has 0 saturated carbocycles. The average Bonchev–Trinajstić information content (AvgIpc) is 3.39. The van der Waals surface area contributed by atoms with E-state index >= 15 is 0 Å². The van der Waals surface area contributed by atoms with Crippen molar-refractivity contribution in [3.05, 3.63) is 102 Å². The predicted molar refractivity (Wildman–Crippen MR) is 161 cm³/mol. The summed E-state index contributed by atoms with van der Waals surface area (Å²) in [5, 5.41) is 26.8. The van der Waals surface area contributed by atoms with Crippen LogP contribution < -0.4 is 10.0 Å². The van der Waals surface area contributed by atoms with Gasteiger partial charge in [-0.3, -0.25) is 19.3 Å². The van der Waals surface area contributed by atoms with Gasteiger partial charge in [-0.2, -0.15) is 5.10 Å². The molecule has 2 atom stereocenters. The second-order valence-corrected chi connectivity index (χ2v) is 11.8. The lowest BCUT2D eigenvalue weighted by Gasteiger charge is -2.21. The van der Waals surface area contributed by atoms with E-state index in [-0.39, 0.29) is 23.6 Å². The third kappa shape index (κ3) is 7.94. The third-order valence-electron chi connectivity index (χ3n) is 6.74. The van der Waals surface area contributed by atoms with Gasteiger partial charge in [0, 0.05) is 24.4 Å². The lowest BCUT2D eigenvalue weighted by molar-refractivity contribution is -0.148. The first-order valence-electron chi connectivity index (χ1n) is 13.9. The molecular formula is C31H33N5O7S. The van der Waals surface area contributed by atoms with E-state index in [9.17, 15) is 33.0 Å². The summed E-state index contributed by atoms with van der Waals surface area (Å²) in [6, 6.07) is 19.1. The van der Waals surface area contributed by atoms with E-state index < -0.39 is 40.0 Å². The molecule has 4 rings (SSSR count). The van der Waals surface area contributed by atoms with Crippen molar-refractivity contribution in [1.82, 2.24) is 24.8 Å². The number of sulfonamides is 1. The van der Waals surface area contributed by atoms with Crippen molar-refractivity contribution in [3.63, 3.8) is 0 Å². The van der Waals surface area contributed by atoms with Crippen molar-refractivity contribution in [3.8, 4) is 11.3 Å². The molecule has 44 heavy (non-hydrogen) atoms. The third-order valence-corrected chi connectivity index (χ3v) is 8.23. The number of nitrogens with zero attached hydrogens (tertiary/aromatic N) is 3. The van der Waals surface area contributed by atoms with Gasteiger partial charge in [0.05, 0.1) is 23.2 Å². The lowest BCUT2D eigenvalue weighted by Crippen LogP contribution is -2.48. The van der Waals surface area contributed by atoms with Crippen LogP contribution in [0.1, 0.15) is 47.6 Å². The SMILES string of the molecule is CCCc1cc(C(=O)NC(Cc2ccccc2)C(O)C(=O)O)nn1Cc1ccc(-c2ccccc2S(=O)(=O)NC(C)=O)nc1. The number of aromatic nitrogens is 3. The van der Waals surface area contributed by atoms with Crippen LogP contribution >= 0.6 is 0 Å². The summed E-state index contributed by atoms with van der Waals surface area (Å²) in [6.07, 6.45) is 1.26. The molecule has 13 heteroatoms. The van der Waals surface area contributed by atoms with Crippen LogP contribution in [-0.2, 0) is 39.0 Å². The second kappa shape index (κ2) is 14.1. The normalized spacial score (nSPS) is 12.7. The number of hydrogen-bond acceptors (Lipinski definition) is 8. The number of nitrogens with one attached hydrogen (secondary N) is 2. The highest BCUT2D eigenvalue weighted by Crippen LogP contribution is 2.26. The Morgan fingerprint density at radius 3 is 2.32 bits per heavy atom. The van der Waals surface area contributed by atoms with Gasteiger partial charge >= 0.3 is 5.97 Å². The molecule has 4 N–H and O–H groups in total. The molecular weight excluding hydrogens is 586 g/mol. The number of carboxylic acid groups (broad SMARTS) is 1. The monoisotopic (exact) mass is 619 g/mol. The summed E-state index contributed by atoms with van der Waals surface area (Å²) >= 11 is 0. The van der Waals surface area contributed by atoms with Gasteiger partial charge in [0.25, 0.3) is 15.9 Å². The van der Waals surface area contributed by atoms with Crippen LogP contribution in [0.25, 0.3) is 11.3 Å². The molecule has 4 aromatic rings. The number of aliphatic hydroxyl groups is 1. The van der Waals surface area contributed by atoms with E-state index in [4.69, 9.17) is 0 Å². The van der Waals surface area contributed by atoms with Crippen LogP contribution in [0.15, 0.2) is 83.9 Å².